The van der Waals surface area contributed by atoms with Gasteiger partial charge in [0, 0.05) is 0 Å². The summed E-state index contributed by atoms with van der Waals surface area (Å²) in [4.78, 5) is 0. The fraction of sp³-hybridized carbons (Fsp3) is 0.200. The first-order chi connectivity index (χ1) is 8.81. The fourth-order valence-electron chi connectivity index (χ4n) is 1.36. The number of hydrogen-bond acceptors (Lipinski definition) is 3. The van der Waals surface area contributed by atoms with Crippen LogP contribution in [0.3, 0.4) is 0 Å². The molecule has 0 N–H and O–H groups in total. The Bertz CT molecular complexity index is 532. The Kier molecular flexibility index (Phi) is 5.00. The smallest absolute Gasteiger partial charge is 0.211 e. The molecule has 0 aromatic heterocycles. The van der Waals surface area contributed by atoms with Crippen molar-refractivity contribution in [2.24, 2.45) is 0 Å². The van der Waals surface area contributed by atoms with Gasteiger partial charge in [0.25, 0.3) is 0 Å². The van der Waals surface area contributed by atoms with Crippen LogP contribution in [0.4, 0.5) is 0 Å². The number of benzene rings is 1. The minimum atomic E-state index is 0.436. The number of allylic oxidation sites excluding steroid dienone is 3. The van der Waals surface area contributed by atoms with Gasteiger partial charge in [0.05, 0.1) is 27.5 Å². The van der Waals surface area contributed by atoms with Crippen molar-refractivity contribution in [2.45, 2.75) is 20.8 Å². The van der Waals surface area contributed by atoms with Crippen molar-refractivity contribution in [3.8, 4) is 17.2 Å². The van der Waals surface area contributed by atoms with Gasteiger partial charge in [-0.15, -0.1) is 0 Å². The third-order valence-electron chi connectivity index (χ3n) is 1.91. The van der Waals surface area contributed by atoms with Crippen LogP contribution in [0.5, 0.6) is 17.2 Å². The van der Waals surface area contributed by atoms with Crippen LogP contribution < -0.4 is 19.4 Å². The second kappa shape index (κ2) is 6.29. The van der Waals surface area contributed by atoms with Crippen LogP contribution in [0.2, 0.25) is 0 Å². The lowest BCUT2D eigenvalue weighted by Gasteiger charge is -2.18. The second-order valence-electron chi connectivity index (χ2n) is 4.18. The number of rotatable bonds is 6. The summed E-state index contributed by atoms with van der Waals surface area (Å²) in [5, 5.41) is 0.730. The highest BCUT2D eigenvalue weighted by Crippen LogP contribution is 2.38. The number of ether oxygens (including phenoxy) is 3. The summed E-state index contributed by atoms with van der Waals surface area (Å²) in [7, 11) is 3.47. The van der Waals surface area contributed by atoms with Gasteiger partial charge in [0.15, 0.2) is 11.5 Å². The molecule has 0 spiro atoms. The van der Waals surface area contributed by atoms with E-state index in [0.717, 1.165) is 5.19 Å². The Morgan fingerprint density at radius 2 is 1.32 bits per heavy atom. The lowest BCUT2D eigenvalue weighted by Crippen LogP contribution is -2.11. The highest BCUT2D eigenvalue weighted by Gasteiger charge is 2.17. The van der Waals surface area contributed by atoms with Crippen molar-refractivity contribution >= 4 is 15.4 Å². The molecule has 19 heavy (non-hydrogen) atoms. The van der Waals surface area contributed by atoms with Gasteiger partial charge in [-0.3, -0.25) is 0 Å². The van der Waals surface area contributed by atoms with Gasteiger partial charge >= 0.3 is 0 Å². The molecule has 0 aliphatic heterocycles. The van der Waals surface area contributed by atoms with E-state index in [1.165, 1.54) is 0 Å². The molecule has 0 fully saturated rings. The number of hydrogen-bond donors (Lipinski definition) is 0. The largest absolute Gasteiger partial charge is 0.459 e. The van der Waals surface area contributed by atoms with Crippen molar-refractivity contribution < 1.29 is 14.2 Å². The predicted octanol–water partition coefficient (Wildman–Crippen LogP) is 3.22. The highest BCUT2D eigenvalue weighted by atomic mass is 28.1. The monoisotopic (exact) mass is 273 g/mol. The van der Waals surface area contributed by atoms with Crippen LogP contribution in [0.25, 0.3) is 0 Å². The summed E-state index contributed by atoms with van der Waals surface area (Å²) in [6.45, 7) is 16.4. The molecular formula is C15H17O3Si. The molecule has 0 saturated carbocycles. The van der Waals surface area contributed by atoms with Crippen LogP contribution in [0.1, 0.15) is 20.8 Å². The maximum atomic E-state index is 5.60. The van der Waals surface area contributed by atoms with Gasteiger partial charge < -0.3 is 14.2 Å². The summed E-state index contributed by atoms with van der Waals surface area (Å²) in [5.74, 6) is 3.05. The van der Waals surface area contributed by atoms with Crippen LogP contribution in [-0.2, 0) is 0 Å². The Morgan fingerprint density at radius 3 is 1.79 bits per heavy atom. The average molecular weight is 273 g/mol. The van der Waals surface area contributed by atoms with Gasteiger partial charge in [-0.05, 0) is 32.0 Å². The minimum absolute atomic E-state index is 0.436. The van der Waals surface area contributed by atoms with Crippen molar-refractivity contribution in [2.75, 3.05) is 0 Å². The van der Waals surface area contributed by atoms with E-state index < -0.39 is 0 Å². The molecule has 0 unspecified atom stereocenters. The van der Waals surface area contributed by atoms with E-state index >= 15 is 0 Å². The van der Waals surface area contributed by atoms with E-state index in [1.54, 1.807) is 32.9 Å². The first-order valence-corrected chi connectivity index (χ1v) is 6.20. The molecule has 0 saturated heterocycles. The third-order valence-corrected chi connectivity index (χ3v) is 2.31. The van der Waals surface area contributed by atoms with E-state index in [9.17, 15) is 0 Å². The first kappa shape index (κ1) is 15.1. The molecule has 4 heteroatoms. The zero-order valence-corrected chi connectivity index (χ0v) is 12.5. The predicted molar refractivity (Wildman–Crippen MR) is 78.2 cm³/mol. The SMILES string of the molecule is C=C(C)Oc1ccc([Si])c(OC(=C)C)c1OC(=C)C. The van der Waals surface area contributed by atoms with Gasteiger partial charge in [-0.25, -0.2) is 0 Å². The van der Waals surface area contributed by atoms with Crippen molar-refractivity contribution in [1.29, 1.82) is 0 Å². The zero-order valence-electron chi connectivity index (χ0n) is 11.5. The van der Waals surface area contributed by atoms with E-state index in [-0.39, 0.29) is 0 Å². The van der Waals surface area contributed by atoms with Gasteiger partial charge in [-0.2, -0.15) is 0 Å². The Morgan fingerprint density at radius 1 is 0.842 bits per heavy atom. The minimum Gasteiger partial charge on any atom is -0.459 e. The molecule has 0 aliphatic rings. The lowest BCUT2D eigenvalue weighted by atomic mass is 10.3. The van der Waals surface area contributed by atoms with Gasteiger partial charge in [0.2, 0.25) is 5.75 Å². The molecule has 99 valence electrons. The normalized spacial score (nSPS) is 9.68. The van der Waals surface area contributed by atoms with E-state index in [2.05, 4.69) is 30.0 Å². The van der Waals surface area contributed by atoms with Gasteiger partial charge in [-0.1, -0.05) is 25.8 Å². The topological polar surface area (TPSA) is 27.7 Å². The molecule has 0 amide bonds. The maximum Gasteiger partial charge on any atom is 0.211 e. The first-order valence-electron chi connectivity index (χ1n) is 5.70. The Balaban J connectivity index is 3.35. The molecule has 1 aromatic carbocycles. The summed E-state index contributed by atoms with van der Waals surface area (Å²) >= 11 is 0. The summed E-state index contributed by atoms with van der Waals surface area (Å²) in [6.07, 6.45) is 0. The third kappa shape index (κ3) is 4.33. The van der Waals surface area contributed by atoms with E-state index in [0.29, 0.717) is 34.5 Å². The van der Waals surface area contributed by atoms with Crippen molar-refractivity contribution in [3.05, 3.63) is 49.1 Å². The maximum absolute atomic E-state index is 5.60. The zero-order chi connectivity index (χ0) is 14.6. The molecule has 1 rings (SSSR count). The summed E-state index contributed by atoms with van der Waals surface area (Å²) in [5.41, 5.74) is 0. The molecular weight excluding hydrogens is 256 g/mol. The van der Waals surface area contributed by atoms with Crippen LogP contribution in [0, 0.1) is 0 Å². The highest BCUT2D eigenvalue weighted by molar-refractivity contribution is 6.34. The summed E-state index contributed by atoms with van der Waals surface area (Å²) in [6, 6.07) is 3.57. The fourth-order valence-corrected chi connectivity index (χ4v) is 1.61. The molecule has 0 heterocycles. The second-order valence-corrected chi connectivity index (χ2v) is 4.72. The van der Waals surface area contributed by atoms with E-state index in [4.69, 9.17) is 14.2 Å². The van der Waals surface area contributed by atoms with Crippen LogP contribution >= 0.6 is 0 Å². The molecule has 0 atom stereocenters. The molecule has 3 radical (unpaired) electrons. The van der Waals surface area contributed by atoms with Gasteiger partial charge in [0.1, 0.15) is 0 Å². The summed E-state index contributed by atoms with van der Waals surface area (Å²) < 4.78 is 16.7. The average Bonchev–Trinajstić information content (AvgIpc) is 2.25. The van der Waals surface area contributed by atoms with Crippen LogP contribution in [-0.4, -0.2) is 10.2 Å². The lowest BCUT2D eigenvalue weighted by molar-refractivity contribution is 0.342. The molecule has 1 aromatic rings. The molecule has 0 bridgehead atoms. The van der Waals surface area contributed by atoms with Crippen molar-refractivity contribution in [1.82, 2.24) is 0 Å². The van der Waals surface area contributed by atoms with Crippen LogP contribution in [0.15, 0.2) is 49.1 Å². The quantitative estimate of drug-likeness (QED) is 0.588. The Hall–Kier alpha value is -1.94. The van der Waals surface area contributed by atoms with Crippen molar-refractivity contribution in [3.63, 3.8) is 0 Å². The van der Waals surface area contributed by atoms with E-state index in [1.807, 2.05) is 0 Å². The molecule has 3 nitrogen and oxygen atoms in total. The Labute approximate surface area is 117 Å². The standard InChI is InChI=1S/C15H17O3Si/c1-9(2)16-12-7-8-13(19)15(18-11(5)6)14(12)17-10(3)4/h7-8H,1,3,5H2,2,4,6H3. The molecule has 0 aliphatic carbocycles.